The minimum atomic E-state index is 1.08. The molecule has 0 fully saturated rings. The molecule has 0 spiro atoms. The number of hydrogen-bond acceptors (Lipinski definition) is 1. The van der Waals surface area contributed by atoms with Crippen molar-refractivity contribution in [3.8, 4) is 61.3 Å². The molecule has 0 aliphatic carbocycles. The van der Waals surface area contributed by atoms with Crippen molar-refractivity contribution in [2.45, 2.75) is 0 Å². The lowest BCUT2D eigenvalue weighted by Gasteiger charge is -2.28. The molecule has 0 aliphatic heterocycles. The van der Waals surface area contributed by atoms with Gasteiger partial charge in [0.15, 0.2) is 0 Å². The van der Waals surface area contributed by atoms with Crippen LogP contribution in [0.3, 0.4) is 0 Å². The molecule has 0 unspecified atom stereocenters. The van der Waals surface area contributed by atoms with Crippen molar-refractivity contribution < 1.29 is 0 Å². The van der Waals surface area contributed by atoms with Crippen LogP contribution in [0.5, 0.6) is 0 Å². The summed E-state index contributed by atoms with van der Waals surface area (Å²) in [5.41, 5.74) is 18.7. The Morgan fingerprint density at radius 3 is 1.50 bits per heavy atom. The summed E-state index contributed by atoms with van der Waals surface area (Å²) in [6, 6.07) is 106. The topological polar surface area (TPSA) is 8.17 Å². The van der Waals surface area contributed by atoms with Gasteiger partial charge in [-0.1, -0.05) is 224 Å². The summed E-state index contributed by atoms with van der Waals surface area (Å²) in [4.78, 5) is 2.42. The van der Waals surface area contributed by atoms with E-state index in [4.69, 9.17) is 0 Å². The maximum Gasteiger partial charge on any atom is 0.0547 e. The minimum absolute atomic E-state index is 1.08. The molecule has 0 bridgehead atoms. The SMILES string of the molecule is c1ccc(-n2c3ccccc3c3c(-c4cccc(-c5ccccc5N(c5ccc(-c6ccc(-c7cccc8ccccc78)cc6)cc5)c5ccc(-c6cc7ccccc7c7ccccc67)cc5)c4)cccc32)cc1. The quantitative estimate of drug-likeness (QED) is 0.131. The maximum atomic E-state index is 2.42. The average molecular weight is 941 g/mol. The number of aromatic nitrogens is 1. The first-order valence-electron chi connectivity index (χ1n) is 25.5. The van der Waals surface area contributed by atoms with Crippen LogP contribution < -0.4 is 4.90 Å². The molecule has 0 N–H and O–H groups in total. The van der Waals surface area contributed by atoms with Crippen molar-refractivity contribution in [1.82, 2.24) is 4.57 Å². The van der Waals surface area contributed by atoms with Crippen LogP contribution >= 0.6 is 0 Å². The molecular formula is C72H48N2. The molecule has 0 amide bonds. The van der Waals surface area contributed by atoms with Crippen molar-refractivity contribution in [3.63, 3.8) is 0 Å². The standard InChI is InChI=1S/C72H48N2/c1-2-22-57(23-3-1)74-70-33-13-11-29-67(70)72-64(31-16-34-71(72)74)55-21-14-20-54(47-55)63-26-10-12-32-69(63)73(59-45-41-53(42-46-59)68-48-56-18-5-7-25-62(56)65-27-8-9-28-66(65)68)58-43-39-50(40-44-58)49-35-37-52(38-36-49)61-30-15-19-51-17-4-6-24-60(51)61/h1-48H. The lowest BCUT2D eigenvalue weighted by Crippen LogP contribution is -2.11. The fourth-order valence-corrected chi connectivity index (χ4v) is 11.5. The number of benzene rings is 13. The maximum absolute atomic E-state index is 2.42. The van der Waals surface area contributed by atoms with Crippen molar-refractivity contribution in [2.75, 3.05) is 4.90 Å². The Bertz CT molecular complexity index is 4390. The number of para-hydroxylation sites is 3. The molecule has 2 nitrogen and oxygen atoms in total. The highest BCUT2D eigenvalue weighted by molar-refractivity contribution is 6.16. The van der Waals surface area contributed by atoms with Crippen molar-refractivity contribution in [2.24, 2.45) is 0 Å². The fraction of sp³-hybridized carbons (Fsp3) is 0. The Hall–Kier alpha value is -9.76. The van der Waals surface area contributed by atoms with Gasteiger partial charge in [0.1, 0.15) is 0 Å². The fourth-order valence-electron chi connectivity index (χ4n) is 11.5. The highest BCUT2D eigenvalue weighted by Gasteiger charge is 2.21. The first-order valence-corrected chi connectivity index (χ1v) is 25.5. The predicted octanol–water partition coefficient (Wildman–Crippen LogP) is 20.0. The van der Waals surface area contributed by atoms with Gasteiger partial charge in [-0.25, -0.2) is 0 Å². The normalized spacial score (nSPS) is 11.5. The zero-order valence-electron chi connectivity index (χ0n) is 40.6. The lowest BCUT2D eigenvalue weighted by molar-refractivity contribution is 1.18. The van der Waals surface area contributed by atoms with E-state index in [9.17, 15) is 0 Å². The number of fused-ring (bicyclic) bond motifs is 7. The molecular weight excluding hydrogens is 893 g/mol. The molecule has 1 heterocycles. The summed E-state index contributed by atoms with van der Waals surface area (Å²) in [6.45, 7) is 0. The van der Waals surface area contributed by atoms with E-state index in [2.05, 4.69) is 301 Å². The molecule has 0 saturated heterocycles. The number of nitrogens with zero attached hydrogens (tertiary/aromatic N) is 2. The molecule has 0 atom stereocenters. The second-order valence-electron chi connectivity index (χ2n) is 19.2. The zero-order valence-corrected chi connectivity index (χ0v) is 40.6. The molecule has 0 saturated carbocycles. The van der Waals surface area contributed by atoms with Crippen molar-refractivity contribution in [3.05, 3.63) is 291 Å². The van der Waals surface area contributed by atoms with Crippen LogP contribution in [0.25, 0.3) is 115 Å². The van der Waals surface area contributed by atoms with Crippen LogP contribution in [0.15, 0.2) is 291 Å². The Morgan fingerprint density at radius 2 is 0.730 bits per heavy atom. The molecule has 74 heavy (non-hydrogen) atoms. The third kappa shape index (κ3) is 7.43. The van der Waals surface area contributed by atoms with E-state index < -0.39 is 0 Å². The lowest BCUT2D eigenvalue weighted by atomic mass is 9.93. The summed E-state index contributed by atoms with van der Waals surface area (Å²) in [6.07, 6.45) is 0. The van der Waals surface area contributed by atoms with Gasteiger partial charge in [-0.3, -0.25) is 0 Å². The van der Waals surface area contributed by atoms with E-state index >= 15 is 0 Å². The van der Waals surface area contributed by atoms with Crippen LogP contribution in [0.4, 0.5) is 17.1 Å². The van der Waals surface area contributed by atoms with Gasteiger partial charge in [0, 0.05) is 33.4 Å². The molecule has 346 valence electrons. The monoisotopic (exact) mass is 940 g/mol. The minimum Gasteiger partial charge on any atom is -0.310 e. The number of hydrogen-bond donors (Lipinski definition) is 0. The Balaban J connectivity index is 0.883. The van der Waals surface area contributed by atoms with E-state index in [1.807, 2.05) is 0 Å². The van der Waals surface area contributed by atoms with E-state index in [1.54, 1.807) is 0 Å². The van der Waals surface area contributed by atoms with Crippen molar-refractivity contribution in [1.29, 1.82) is 0 Å². The molecule has 1 aromatic heterocycles. The highest BCUT2D eigenvalue weighted by Crippen LogP contribution is 2.45. The van der Waals surface area contributed by atoms with Gasteiger partial charge in [0.25, 0.3) is 0 Å². The smallest absolute Gasteiger partial charge is 0.0547 e. The average Bonchev–Trinajstić information content (AvgIpc) is 3.82. The van der Waals surface area contributed by atoms with Crippen LogP contribution in [-0.2, 0) is 0 Å². The summed E-state index contributed by atoms with van der Waals surface area (Å²) in [5, 5.41) is 10.0. The van der Waals surface area contributed by atoms with Crippen LogP contribution in [0.2, 0.25) is 0 Å². The van der Waals surface area contributed by atoms with Crippen molar-refractivity contribution >= 4 is 71.2 Å². The van der Waals surface area contributed by atoms with Gasteiger partial charge in [-0.05, 0) is 149 Å². The predicted molar refractivity (Wildman–Crippen MR) is 315 cm³/mol. The molecule has 0 aliphatic rings. The van der Waals surface area contributed by atoms with E-state index in [1.165, 1.54) is 98.6 Å². The summed E-state index contributed by atoms with van der Waals surface area (Å²) < 4.78 is 2.39. The van der Waals surface area contributed by atoms with Crippen LogP contribution in [0.1, 0.15) is 0 Å². The largest absolute Gasteiger partial charge is 0.310 e. The van der Waals surface area contributed by atoms with Gasteiger partial charge in [0.2, 0.25) is 0 Å². The van der Waals surface area contributed by atoms with Gasteiger partial charge in [0.05, 0.1) is 16.7 Å². The van der Waals surface area contributed by atoms with E-state index in [0.29, 0.717) is 0 Å². The van der Waals surface area contributed by atoms with Crippen LogP contribution in [0, 0.1) is 0 Å². The number of anilines is 3. The van der Waals surface area contributed by atoms with Gasteiger partial charge < -0.3 is 9.47 Å². The number of rotatable bonds is 9. The molecule has 13 aromatic carbocycles. The van der Waals surface area contributed by atoms with E-state index in [0.717, 1.165) is 33.9 Å². The second-order valence-corrected chi connectivity index (χ2v) is 19.2. The first-order chi connectivity index (χ1) is 36.7. The third-order valence-corrected chi connectivity index (χ3v) is 15.0. The van der Waals surface area contributed by atoms with Gasteiger partial charge in [-0.15, -0.1) is 0 Å². The molecule has 2 heteroatoms. The molecule has 0 radical (unpaired) electrons. The Morgan fingerprint density at radius 1 is 0.243 bits per heavy atom. The zero-order chi connectivity index (χ0) is 49.0. The third-order valence-electron chi connectivity index (χ3n) is 15.0. The molecule has 14 aromatic rings. The summed E-state index contributed by atoms with van der Waals surface area (Å²) in [7, 11) is 0. The Kier molecular flexibility index (Phi) is 10.6. The van der Waals surface area contributed by atoms with Crippen LogP contribution in [-0.4, -0.2) is 4.57 Å². The molecule has 14 rings (SSSR count). The Labute approximate surface area is 430 Å². The highest BCUT2D eigenvalue weighted by atomic mass is 15.1. The van der Waals surface area contributed by atoms with E-state index in [-0.39, 0.29) is 0 Å². The summed E-state index contributed by atoms with van der Waals surface area (Å²) in [5.74, 6) is 0. The van der Waals surface area contributed by atoms with Gasteiger partial charge >= 0.3 is 0 Å². The summed E-state index contributed by atoms with van der Waals surface area (Å²) >= 11 is 0. The first kappa shape index (κ1) is 43.1. The second kappa shape index (κ2) is 18.1. The van der Waals surface area contributed by atoms with Gasteiger partial charge in [-0.2, -0.15) is 0 Å².